The fourth-order valence-corrected chi connectivity index (χ4v) is 7.84. The molecular weight excluding hydrogens is 687 g/mol. The summed E-state index contributed by atoms with van der Waals surface area (Å²) < 4.78 is 13.4. The molecule has 3 aromatic heterocycles. The molecule has 0 unspecified atom stereocenters. The van der Waals surface area contributed by atoms with E-state index in [2.05, 4.69) is 97.1 Å². The molecule has 0 amide bonds. The van der Waals surface area contributed by atoms with Crippen molar-refractivity contribution in [1.29, 1.82) is 0 Å². The van der Waals surface area contributed by atoms with Crippen LogP contribution in [0.3, 0.4) is 0 Å². The van der Waals surface area contributed by atoms with E-state index in [1.165, 1.54) is 11.1 Å². The summed E-state index contributed by atoms with van der Waals surface area (Å²) in [5.74, 6) is 1.77. The van der Waals surface area contributed by atoms with E-state index in [0.29, 0.717) is 17.5 Å². The zero-order valence-corrected chi connectivity index (χ0v) is 30.1. The third kappa shape index (κ3) is 5.37. The quantitative estimate of drug-likeness (QED) is 0.171. The Kier molecular flexibility index (Phi) is 7.42. The minimum Gasteiger partial charge on any atom is -0.455 e. The summed E-state index contributed by atoms with van der Waals surface area (Å²) in [5.41, 5.74) is 12.6. The zero-order valence-electron chi connectivity index (χ0n) is 30.1. The summed E-state index contributed by atoms with van der Waals surface area (Å²) in [6.45, 7) is 0. The SMILES string of the molecule is c1ccc(-c2ccc(-c3ccc(-c4ccc5oc6c(-c7nc(-c8ccccc8)nc(-c8ccccc8)n7)cccc6c5c4)c4oc5ccccc5c34)cc2)cc1. The minimum absolute atomic E-state index is 0.555. The molecule has 5 nitrogen and oxygen atoms in total. The van der Waals surface area contributed by atoms with Crippen molar-refractivity contribution < 1.29 is 8.83 Å². The van der Waals surface area contributed by atoms with Gasteiger partial charge < -0.3 is 8.83 Å². The Labute approximate surface area is 322 Å². The van der Waals surface area contributed by atoms with Gasteiger partial charge in [0, 0.05) is 38.2 Å². The number of para-hydroxylation sites is 2. The van der Waals surface area contributed by atoms with E-state index < -0.39 is 0 Å². The van der Waals surface area contributed by atoms with Crippen LogP contribution in [0.1, 0.15) is 0 Å². The largest absolute Gasteiger partial charge is 0.455 e. The van der Waals surface area contributed by atoms with Gasteiger partial charge in [0.05, 0.1) is 5.56 Å². The van der Waals surface area contributed by atoms with E-state index in [1.807, 2.05) is 91.0 Å². The van der Waals surface area contributed by atoms with Crippen molar-refractivity contribution in [3.05, 3.63) is 188 Å². The first kappa shape index (κ1) is 31.9. The summed E-state index contributed by atoms with van der Waals surface area (Å²) in [4.78, 5) is 14.9. The van der Waals surface area contributed by atoms with Crippen LogP contribution in [0.4, 0.5) is 0 Å². The van der Waals surface area contributed by atoms with Crippen LogP contribution in [-0.2, 0) is 0 Å². The van der Waals surface area contributed by atoms with E-state index in [1.54, 1.807) is 0 Å². The van der Waals surface area contributed by atoms with Crippen molar-refractivity contribution in [2.24, 2.45) is 0 Å². The second-order valence-electron chi connectivity index (χ2n) is 13.9. The van der Waals surface area contributed by atoms with Gasteiger partial charge in [-0.3, -0.25) is 0 Å². The molecular formula is C51H31N3O2. The molecule has 0 aliphatic heterocycles. The molecule has 0 fully saturated rings. The molecule has 0 radical (unpaired) electrons. The highest BCUT2D eigenvalue weighted by Gasteiger charge is 2.21. The van der Waals surface area contributed by atoms with E-state index in [-0.39, 0.29) is 0 Å². The van der Waals surface area contributed by atoms with Crippen molar-refractivity contribution in [3.63, 3.8) is 0 Å². The average molecular weight is 718 g/mol. The lowest BCUT2D eigenvalue weighted by Crippen LogP contribution is -2.00. The molecule has 11 rings (SSSR count). The molecule has 0 saturated heterocycles. The normalized spacial score (nSPS) is 11.6. The number of benzene rings is 8. The number of nitrogens with zero attached hydrogens (tertiary/aromatic N) is 3. The summed E-state index contributed by atoms with van der Waals surface area (Å²) in [7, 11) is 0. The maximum atomic E-state index is 6.70. The van der Waals surface area contributed by atoms with Crippen molar-refractivity contribution >= 4 is 43.9 Å². The zero-order chi connectivity index (χ0) is 37.0. The summed E-state index contributed by atoms with van der Waals surface area (Å²) in [6, 6.07) is 64.6. The van der Waals surface area contributed by atoms with Gasteiger partial charge in [0.25, 0.3) is 0 Å². The summed E-state index contributed by atoms with van der Waals surface area (Å²) in [5, 5.41) is 4.18. The van der Waals surface area contributed by atoms with Gasteiger partial charge in [-0.05, 0) is 58.1 Å². The van der Waals surface area contributed by atoms with Gasteiger partial charge in [-0.15, -0.1) is 0 Å². The maximum absolute atomic E-state index is 6.70. The molecule has 0 aliphatic carbocycles. The van der Waals surface area contributed by atoms with E-state index in [9.17, 15) is 0 Å². The molecule has 11 aromatic rings. The monoisotopic (exact) mass is 717 g/mol. The van der Waals surface area contributed by atoms with Gasteiger partial charge in [-0.2, -0.15) is 0 Å². The van der Waals surface area contributed by atoms with Crippen LogP contribution < -0.4 is 0 Å². The maximum Gasteiger partial charge on any atom is 0.167 e. The average Bonchev–Trinajstić information content (AvgIpc) is 3.86. The number of hydrogen-bond acceptors (Lipinski definition) is 5. The van der Waals surface area contributed by atoms with Crippen molar-refractivity contribution in [2.45, 2.75) is 0 Å². The Hall–Kier alpha value is -7.63. The van der Waals surface area contributed by atoms with Gasteiger partial charge in [0.2, 0.25) is 0 Å². The Bertz CT molecular complexity index is 3170. The van der Waals surface area contributed by atoms with E-state index in [0.717, 1.165) is 82.8 Å². The van der Waals surface area contributed by atoms with Crippen LogP contribution >= 0.6 is 0 Å². The molecule has 8 aromatic carbocycles. The summed E-state index contributed by atoms with van der Waals surface area (Å²) in [6.07, 6.45) is 0. The molecule has 0 bridgehead atoms. The predicted octanol–water partition coefficient (Wildman–Crippen LogP) is 13.7. The second-order valence-corrected chi connectivity index (χ2v) is 13.9. The molecule has 0 N–H and O–H groups in total. The van der Waals surface area contributed by atoms with Gasteiger partial charge in [0.15, 0.2) is 17.5 Å². The lowest BCUT2D eigenvalue weighted by Gasteiger charge is -2.10. The topological polar surface area (TPSA) is 65.0 Å². The van der Waals surface area contributed by atoms with Gasteiger partial charge in [-0.1, -0.05) is 158 Å². The molecule has 262 valence electrons. The highest BCUT2D eigenvalue weighted by molar-refractivity contribution is 6.17. The highest BCUT2D eigenvalue weighted by Crippen LogP contribution is 2.44. The molecule has 3 heterocycles. The van der Waals surface area contributed by atoms with Crippen molar-refractivity contribution in [2.75, 3.05) is 0 Å². The number of hydrogen-bond donors (Lipinski definition) is 0. The van der Waals surface area contributed by atoms with E-state index >= 15 is 0 Å². The first-order chi connectivity index (χ1) is 27.7. The molecule has 0 saturated carbocycles. The third-order valence-electron chi connectivity index (χ3n) is 10.6. The molecule has 56 heavy (non-hydrogen) atoms. The first-order valence-corrected chi connectivity index (χ1v) is 18.7. The predicted molar refractivity (Wildman–Crippen MR) is 227 cm³/mol. The Morgan fingerprint density at radius 1 is 0.286 bits per heavy atom. The smallest absolute Gasteiger partial charge is 0.167 e. The van der Waals surface area contributed by atoms with Crippen LogP contribution in [0.25, 0.3) is 111 Å². The highest BCUT2D eigenvalue weighted by atomic mass is 16.3. The molecule has 0 spiro atoms. The van der Waals surface area contributed by atoms with Gasteiger partial charge in [-0.25, -0.2) is 15.0 Å². The van der Waals surface area contributed by atoms with Crippen LogP contribution in [-0.4, -0.2) is 15.0 Å². The molecule has 5 heteroatoms. The Morgan fingerprint density at radius 3 is 1.52 bits per heavy atom. The van der Waals surface area contributed by atoms with Crippen LogP contribution in [0.5, 0.6) is 0 Å². The Balaban J connectivity index is 1.05. The fraction of sp³-hybridized carbons (Fsp3) is 0. The first-order valence-electron chi connectivity index (χ1n) is 18.7. The van der Waals surface area contributed by atoms with Crippen molar-refractivity contribution in [1.82, 2.24) is 15.0 Å². The lowest BCUT2D eigenvalue weighted by atomic mass is 9.93. The third-order valence-corrected chi connectivity index (χ3v) is 10.6. The summed E-state index contributed by atoms with van der Waals surface area (Å²) >= 11 is 0. The van der Waals surface area contributed by atoms with Crippen LogP contribution in [0.2, 0.25) is 0 Å². The molecule has 0 atom stereocenters. The van der Waals surface area contributed by atoms with Crippen LogP contribution in [0.15, 0.2) is 197 Å². The minimum atomic E-state index is 0.555. The fourth-order valence-electron chi connectivity index (χ4n) is 7.84. The lowest BCUT2D eigenvalue weighted by molar-refractivity contribution is 0.668. The number of aromatic nitrogens is 3. The molecule has 0 aliphatic rings. The van der Waals surface area contributed by atoms with Crippen molar-refractivity contribution in [3.8, 4) is 67.5 Å². The number of fused-ring (bicyclic) bond motifs is 6. The number of furan rings is 2. The number of rotatable bonds is 6. The van der Waals surface area contributed by atoms with Gasteiger partial charge in [0.1, 0.15) is 22.3 Å². The van der Waals surface area contributed by atoms with E-state index in [4.69, 9.17) is 23.8 Å². The van der Waals surface area contributed by atoms with Gasteiger partial charge >= 0.3 is 0 Å². The van der Waals surface area contributed by atoms with Crippen LogP contribution in [0, 0.1) is 0 Å². The Morgan fingerprint density at radius 2 is 0.804 bits per heavy atom. The second kappa shape index (κ2) is 13.0. The standard InChI is InChI=1S/C51H31N3O2/c1-4-13-32(14-5-1)33-23-25-34(26-24-33)38-28-29-39(48-46(38)41-19-10-11-22-44(41)56-48)37-27-30-45-43(31-37)40-20-12-21-42(47(40)55-45)51-53-49(35-15-6-2-7-16-35)52-50(54-51)36-17-8-3-9-18-36/h1-31H.